The van der Waals surface area contributed by atoms with Gasteiger partial charge in [0, 0.05) is 40.3 Å². The number of ether oxygens (including phenoxy) is 1. The van der Waals surface area contributed by atoms with E-state index in [1.165, 1.54) is 12.1 Å². The molecule has 0 aliphatic carbocycles. The van der Waals surface area contributed by atoms with E-state index < -0.39 is 5.60 Å². The molecule has 6 nitrogen and oxygen atoms in total. The minimum absolute atomic E-state index is 0.143. The smallest absolute Gasteiger partial charge is 0.410 e. The summed E-state index contributed by atoms with van der Waals surface area (Å²) in [5.74, 6) is -0.319. The van der Waals surface area contributed by atoms with Crippen LogP contribution in [0.25, 0.3) is 16.7 Å². The molecule has 0 bridgehead atoms. The van der Waals surface area contributed by atoms with E-state index >= 15 is 0 Å². The number of likely N-dealkylation sites (tertiary alicyclic amines) is 1. The number of aromatic amines is 1. The first-order valence-electron chi connectivity index (χ1n) is 9.83. The molecule has 1 aromatic carbocycles. The van der Waals surface area contributed by atoms with Crippen LogP contribution < -0.4 is 0 Å². The number of amides is 1. The van der Waals surface area contributed by atoms with E-state index in [-0.39, 0.29) is 17.3 Å². The van der Waals surface area contributed by atoms with E-state index in [2.05, 4.69) is 28.0 Å². The molecule has 0 atom stereocenters. The van der Waals surface area contributed by atoms with Crippen LogP contribution in [0.15, 0.2) is 16.6 Å². The number of carbonyl (C=O) groups is 1. The Kier molecular flexibility index (Phi) is 4.68. The third-order valence-corrected chi connectivity index (χ3v) is 6.27. The third-order valence-electron chi connectivity index (χ3n) is 5.67. The first-order chi connectivity index (χ1) is 13.5. The van der Waals surface area contributed by atoms with E-state index in [0.717, 1.165) is 35.3 Å². The molecule has 1 aliphatic rings. The van der Waals surface area contributed by atoms with Crippen LogP contribution in [0.3, 0.4) is 0 Å². The van der Waals surface area contributed by atoms with Crippen LogP contribution in [0.1, 0.15) is 51.8 Å². The second kappa shape index (κ2) is 6.72. The van der Waals surface area contributed by atoms with Crippen molar-refractivity contribution in [1.82, 2.24) is 19.5 Å². The highest BCUT2D eigenvalue weighted by Gasteiger charge is 2.38. The monoisotopic (exact) mass is 464 g/mol. The number of hydrogen-bond donors (Lipinski definition) is 1. The molecule has 29 heavy (non-hydrogen) atoms. The van der Waals surface area contributed by atoms with Gasteiger partial charge in [0.25, 0.3) is 0 Å². The number of carbonyl (C=O) groups excluding carboxylic acids is 1. The van der Waals surface area contributed by atoms with Crippen LogP contribution in [0.4, 0.5) is 9.18 Å². The molecule has 0 saturated carbocycles. The maximum atomic E-state index is 13.8. The standard InChI is InChI=1S/C21H26BrFN4O2/c1-12-16(18-24-15-11-13(23)10-14(22)17(15)27(18)25-12)21(5)6-8-26(9-7-21)19(28)29-20(2,3)4/h10-11,25H,6-9H2,1-5H3. The van der Waals surface area contributed by atoms with Crippen LogP contribution in [0.2, 0.25) is 0 Å². The van der Waals surface area contributed by atoms with Crippen molar-refractivity contribution in [2.75, 3.05) is 13.1 Å². The normalized spacial score (nSPS) is 17.3. The van der Waals surface area contributed by atoms with Crippen LogP contribution in [0, 0.1) is 12.7 Å². The van der Waals surface area contributed by atoms with Gasteiger partial charge >= 0.3 is 6.09 Å². The maximum Gasteiger partial charge on any atom is 0.410 e. The van der Waals surface area contributed by atoms with Gasteiger partial charge in [-0.1, -0.05) is 6.92 Å². The molecule has 3 heterocycles. The third kappa shape index (κ3) is 3.52. The van der Waals surface area contributed by atoms with Crippen LogP contribution in [0.5, 0.6) is 0 Å². The molecule has 0 unspecified atom stereocenters. The summed E-state index contributed by atoms with van der Waals surface area (Å²) in [7, 11) is 0. The van der Waals surface area contributed by atoms with Crippen molar-refractivity contribution in [3.05, 3.63) is 33.7 Å². The highest BCUT2D eigenvalue weighted by Crippen LogP contribution is 2.40. The van der Waals surface area contributed by atoms with Gasteiger partial charge in [0.05, 0.1) is 5.52 Å². The Balaban J connectivity index is 1.67. The molecule has 1 N–H and O–H groups in total. The van der Waals surface area contributed by atoms with E-state index in [4.69, 9.17) is 9.72 Å². The van der Waals surface area contributed by atoms with Crippen molar-refractivity contribution in [2.24, 2.45) is 0 Å². The van der Waals surface area contributed by atoms with Gasteiger partial charge in [0.1, 0.15) is 16.9 Å². The topological polar surface area (TPSA) is 62.6 Å². The molecule has 4 rings (SSSR count). The summed E-state index contributed by atoms with van der Waals surface area (Å²) >= 11 is 3.46. The number of aromatic nitrogens is 3. The van der Waals surface area contributed by atoms with Crippen molar-refractivity contribution in [1.29, 1.82) is 0 Å². The Morgan fingerprint density at radius 1 is 1.31 bits per heavy atom. The predicted octanol–water partition coefficient (Wildman–Crippen LogP) is 5.31. The highest BCUT2D eigenvalue weighted by molar-refractivity contribution is 9.10. The van der Waals surface area contributed by atoms with Crippen molar-refractivity contribution in [3.63, 3.8) is 0 Å². The predicted molar refractivity (Wildman–Crippen MR) is 114 cm³/mol. The van der Waals surface area contributed by atoms with Crippen molar-refractivity contribution < 1.29 is 13.9 Å². The van der Waals surface area contributed by atoms with Gasteiger partial charge in [-0.25, -0.2) is 18.7 Å². The Morgan fingerprint density at radius 2 is 1.97 bits per heavy atom. The Labute approximate surface area is 177 Å². The van der Waals surface area contributed by atoms with Gasteiger partial charge in [0.15, 0.2) is 5.65 Å². The molecule has 1 saturated heterocycles. The summed E-state index contributed by atoms with van der Waals surface area (Å²) in [5.41, 5.74) is 3.78. The molecule has 0 spiro atoms. The zero-order valence-electron chi connectivity index (χ0n) is 17.4. The number of halogens is 2. The van der Waals surface area contributed by atoms with Crippen molar-refractivity contribution in [3.8, 4) is 0 Å². The molecule has 156 valence electrons. The van der Waals surface area contributed by atoms with Gasteiger partial charge in [-0.05, 0) is 62.5 Å². The fourth-order valence-electron chi connectivity index (χ4n) is 4.28. The minimum Gasteiger partial charge on any atom is -0.444 e. The van der Waals surface area contributed by atoms with Gasteiger partial charge in [-0.15, -0.1) is 0 Å². The summed E-state index contributed by atoms with van der Waals surface area (Å²) in [6.07, 6.45) is 1.35. The number of rotatable bonds is 1. The zero-order valence-corrected chi connectivity index (χ0v) is 19.0. The molecule has 1 amide bonds. The second-order valence-electron chi connectivity index (χ2n) is 9.17. The van der Waals surface area contributed by atoms with Crippen LogP contribution >= 0.6 is 15.9 Å². The van der Waals surface area contributed by atoms with Gasteiger partial charge < -0.3 is 9.64 Å². The summed E-state index contributed by atoms with van der Waals surface area (Å²) < 4.78 is 21.9. The maximum absolute atomic E-state index is 13.8. The lowest BCUT2D eigenvalue weighted by Crippen LogP contribution is -2.46. The fourth-order valence-corrected chi connectivity index (χ4v) is 4.88. The molecule has 1 aliphatic heterocycles. The van der Waals surface area contributed by atoms with E-state index in [0.29, 0.717) is 23.1 Å². The lowest BCUT2D eigenvalue weighted by Gasteiger charge is -2.39. The molecular weight excluding hydrogens is 439 g/mol. The van der Waals surface area contributed by atoms with Gasteiger partial charge in [-0.3, -0.25) is 5.10 Å². The SMILES string of the molecule is Cc1[nH]n2c(nc3cc(F)cc(Br)c32)c1C1(C)CCN(C(=O)OC(C)(C)C)CC1. The first kappa shape index (κ1) is 20.2. The van der Waals surface area contributed by atoms with Gasteiger partial charge in [0.2, 0.25) is 0 Å². The summed E-state index contributed by atoms with van der Waals surface area (Å²) in [6.45, 7) is 11.1. The molecule has 0 radical (unpaired) electrons. The van der Waals surface area contributed by atoms with Crippen molar-refractivity contribution in [2.45, 2.75) is 58.5 Å². The van der Waals surface area contributed by atoms with E-state index in [1.807, 2.05) is 32.2 Å². The molecule has 2 aromatic heterocycles. The molecular formula is C21H26BrFN4O2. The molecule has 3 aromatic rings. The largest absolute Gasteiger partial charge is 0.444 e. The first-order valence-corrected chi connectivity index (χ1v) is 10.6. The highest BCUT2D eigenvalue weighted by atomic mass is 79.9. The number of imidazole rings is 1. The number of nitrogens with one attached hydrogen (secondary N) is 1. The summed E-state index contributed by atoms with van der Waals surface area (Å²) in [4.78, 5) is 18.9. The Bertz CT molecular complexity index is 1100. The second-order valence-corrected chi connectivity index (χ2v) is 10.0. The number of nitrogens with zero attached hydrogens (tertiary/aromatic N) is 3. The lowest BCUT2D eigenvalue weighted by molar-refractivity contribution is 0.0172. The summed E-state index contributed by atoms with van der Waals surface area (Å²) in [6, 6.07) is 2.90. The van der Waals surface area contributed by atoms with Gasteiger partial charge in [-0.2, -0.15) is 0 Å². The number of benzene rings is 1. The number of H-pyrrole nitrogens is 1. The van der Waals surface area contributed by atoms with E-state index in [9.17, 15) is 9.18 Å². The Morgan fingerprint density at radius 3 is 2.59 bits per heavy atom. The average molecular weight is 465 g/mol. The lowest BCUT2D eigenvalue weighted by atomic mass is 9.74. The van der Waals surface area contributed by atoms with Crippen LogP contribution in [-0.2, 0) is 10.2 Å². The van der Waals surface area contributed by atoms with Crippen LogP contribution in [-0.4, -0.2) is 44.3 Å². The number of aryl methyl sites for hydroxylation is 1. The minimum atomic E-state index is -0.500. The van der Waals surface area contributed by atoms with E-state index in [1.54, 1.807) is 4.90 Å². The zero-order chi connectivity index (χ0) is 21.1. The fraction of sp³-hybridized carbons (Fsp3) is 0.524. The number of fused-ring (bicyclic) bond motifs is 3. The molecule has 1 fully saturated rings. The number of piperidine rings is 1. The quantitative estimate of drug-likeness (QED) is 0.530. The Hall–Kier alpha value is -2.09. The average Bonchev–Trinajstić information content (AvgIpc) is 3.07. The molecule has 8 heteroatoms. The summed E-state index contributed by atoms with van der Waals surface area (Å²) in [5, 5.41) is 3.39. The van der Waals surface area contributed by atoms with Crippen molar-refractivity contribution >= 4 is 38.7 Å². The number of hydrogen-bond acceptors (Lipinski definition) is 3.